The third-order valence-electron chi connectivity index (χ3n) is 4.70. The van der Waals surface area contributed by atoms with Crippen LogP contribution in [0, 0.1) is 12.8 Å². The minimum atomic E-state index is 0.591. The van der Waals surface area contributed by atoms with Crippen LogP contribution in [0.25, 0.3) is 11.0 Å². The van der Waals surface area contributed by atoms with Crippen LogP contribution in [0.5, 0.6) is 0 Å². The average Bonchev–Trinajstić information content (AvgIpc) is 3.24. The molecule has 0 spiro atoms. The Morgan fingerprint density at radius 1 is 1.21 bits per heavy atom. The Kier molecular flexibility index (Phi) is 6.68. The van der Waals surface area contributed by atoms with Gasteiger partial charge in [0.1, 0.15) is 11.6 Å². The Morgan fingerprint density at radius 2 is 2.04 bits per heavy atom. The number of para-hydroxylation sites is 2. The fraction of sp³-hybridized carbons (Fsp3) is 0.476. The van der Waals surface area contributed by atoms with E-state index in [-0.39, 0.29) is 0 Å². The lowest BCUT2D eigenvalue weighted by Gasteiger charge is -2.14. The summed E-state index contributed by atoms with van der Waals surface area (Å²) in [6, 6.07) is 8.28. The second-order valence-corrected chi connectivity index (χ2v) is 7.40. The number of hydrogen-bond acceptors (Lipinski definition) is 3. The molecule has 7 heteroatoms. The smallest absolute Gasteiger partial charge is 0.191 e. The molecule has 0 saturated heterocycles. The summed E-state index contributed by atoms with van der Waals surface area (Å²) < 4.78 is 4.47. The zero-order valence-electron chi connectivity index (χ0n) is 17.3. The van der Waals surface area contributed by atoms with E-state index in [2.05, 4.69) is 73.7 Å². The van der Waals surface area contributed by atoms with E-state index in [0.717, 1.165) is 49.2 Å². The molecular weight excluding hydrogens is 350 g/mol. The molecule has 0 saturated carbocycles. The number of aromatic nitrogens is 4. The minimum absolute atomic E-state index is 0.591. The van der Waals surface area contributed by atoms with Gasteiger partial charge in [0, 0.05) is 39.1 Å². The first-order valence-corrected chi connectivity index (χ1v) is 9.95. The summed E-state index contributed by atoms with van der Waals surface area (Å²) in [5.74, 6) is 3.47. The van der Waals surface area contributed by atoms with Crippen LogP contribution in [0.2, 0.25) is 0 Å². The highest BCUT2D eigenvalue weighted by molar-refractivity contribution is 5.79. The Labute approximate surface area is 166 Å². The normalized spacial score (nSPS) is 12.1. The van der Waals surface area contributed by atoms with E-state index >= 15 is 0 Å². The fourth-order valence-corrected chi connectivity index (χ4v) is 3.37. The molecule has 0 amide bonds. The summed E-state index contributed by atoms with van der Waals surface area (Å²) in [7, 11) is 1.80. The van der Waals surface area contributed by atoms with Gasteiger partial charge in [-0.15, -0.1) is 0 Å². The first kappa shape index (κ1) is 19.9. The zero-order valence-corrected chi connectivity index (χ0v) is 17.3. The molecule has 0 radical (unpaired) electrons. The number of benzene rings is 1. The highest BCUT2D eigenvalue weighted by atomic mass is 15.2. The third kappa shape index (κ3) is 4.91. The van der Waals surface area contributed by atoms with E-state index in [0.29, 0.717) is 12.5 Å². The molecule has 0 fully saturated rings. The number of nitrogens with one attached hydrogen (secondary N) is 2. The molecular formula is C21H31N7. The molecule has 3 rings (SSSR count). The van der Waals surface area contributed by atoms with Crippen molar-refractivity contribution in [2.45, 2.75) is 46.8 Å². The number of imidazole rings is 2. The number of hydrogen-bond donors (Lipinski definition) is 2. The largest absolute Gasteiger partial charge is 0.356 e. The van der Waals surface area contributed by atoms with Gasteiger partial charge in [-0.25, -0.2) is 9.97 Å². The number of aryl methyl sites for hydroxylation is 2. The summed E-state index contributed by atoms with van der Waals surface area (Å²) in [6.07, 6.45) is 4.88. The van der Waals surface area contributed by atoms with E-state index in [9.17, 15) is 0 Å². The summed E-state index contributed by atoms with van der Waals surface area (Å²) in [4.78, 5) is 13.4. The zero-order chi connectivity index (χ0) is 19.9. The quantitative estimate of drug-likeness (QED) is 0.357. The number of fused-ring (bicyclic) bond motifs is 1. The van der Waals surface area contributed by atoms with Crippen molar-refractivity contribution in [3.63, 3.8) is 0 Å². The Bertz CT molecular complexity index is 920. The first-order chi connectivity index (χ1) is 13.6. The number of rotatable bonds is 8. The Balaban J connectivity index is 1.47. The van der Waals surface area contributed by atoms with Gasteiger partial charge in [0.25, 0.3) is 0 Å². The van der Waals surface area contributed by atoms with Gasteiger partial charge in [0.15, 0.2) is 5.96 Å². The van der Waals surface area contributed by atoms with Gasteiger partial charge in [-0.3, -0.25) is 4.99 Å². The second kappa shape index (κ2) is 9.39. The molecule has 3 aromatic rings. The van der Waals surface area contributed by atoms with E-state index in [1.165, 1.54) is 5.52 Å². The molecule has 0 aliphatic rings. The summed E-state index contributed by atoms with van der Waals surface area (Å²) in [5, 5.41) is 6.75. The van der Waals surface area contributed by atoms with Crippen LogP contribution in [0.3, 0.4) is 0 Å². The number of nitrogens with zero attached hydrogens (tertiary/aromatic N) is 5. The van der Waals surface area contributed by atoms with Crippen LogP contribution in [-0.2, 0) is 19.6 Å². The van der Waals surface area contributed by atoms with Gasteiger partial charge < -0.3 is 19.8 Å². The Morgan fingerprint density at radius 3 is 2.82 bits per heavy atom. The van der Waals surface area contributed by atoms with Crippen LogP contribution in [0.1, 0.15) is 31.9 Å². The van der Waals surface area contributed by atoms with Crippen molar-refractivity contribution in [3.05, 3.63) is 48.3 Å². The molecule has 0 unspecified atom stereocenters. The van der Waals surface area contributed by atoms with Crippen LogP contribution in [0.4, 0.5) is 0 Å². The highest BCUT2D eigenvalue weighted by Gasteiger charge is 2.07. The molecule has 0 aliphatic heterocycles. The van der Waals surface area contributed by atoms with E-state index in [1.54, 1.807) is 7.05 Å². The standard InChI is InChI=1S/C21H31N7/c1-16(2)15-27-13-11-23-20(27)14-25-21(22-4)24-10-7-12-28-17(3)26-18-8-5-6-9-19(18)28/h5-6,8-9,11,13,16H,7,10,12,14-15H2,1-4H3,(H2,22,24,25). The topological polar surface area (TPSA) is 72.1 Å². The minimum Gasteiger partial charge on any atom is -0.356 e. The molecule has 0 bridgehead atoms. The summed E-state index contributed by atoms with van der Waals surface area (Å²) >= 11 is 0. The predicted octanol–water partition coefficient (Wildman–Crippen LogP) is 2.95. The number of aliphatic imine (C=N–C) groups is 1. The van der Waals surface area contributed by atoms with Gasteiger partial charge in [0.05, 0.1) is 17.6 Å². The van der Waals surface area contributed by atoms with Crippen LogP contribution >= 0.6 is 0 Å². The SMILES string of the molecule is CN=C(NCCCn1c(C)nc2ccccc21)NCc1nccn1CC(C)C. The summed E-state index contributed by atoms with van der Waals surface area (Å²) in [5.41, 5.74) is 2.25. The van der Waals surface area contributed by atoms with Gasteiger partial charge in [-0.05, 0) is 31.4 Å². The molecule has 2 aromatic heterocycles. The van der Waals surface area contributed by atoms with Crippen LogP contribution in [0.15, 0.2) is 41.7 Å². The fourth-order valence-electron chi connectivity index (χ4n) is 3.37. The lowest BCUT2D eigenvalue weighted by atomic mass is 10.2. The second-order valence-electron chi connectivity index (χ2n) is 7.40. The molecule has 0 aliphatic carbocycles. The van der Waals surface area contributed by atoms with Crippen molar-refractivity contribution < 1.29 is 0 Å². The van der Waals surface area contributed by atoms with Crippen molar-refractivity contribution in [2.75, 3.05) is 13.6 Å². The molecule has 7 nitrogen and oxygen atoms in total. The van der Waals surface area contributed by atoms with Crippen LogP contribution in [-0.4, -0.2) is 38.7 Å². The van der Waals surface area contributed by atoms with E-state index in [4.69, 9.17) is 0 Å². The molecule has 2 N–H and O–H groups in total. The third-order valence-corrected chi connectivity index (χ3v) is 4.70. The monoisotopic (exact) mass is 381 g/mol. The molecule has 28 heavy (non-hydrogen) atoms. The molecule has 2 heterocycles. The van der Waals surface area contributed by atoms with Crippen molar-refractivity contribution >= 4 is 17.0 Å². The number of guanidine groups is 1. The van der Waals surface area contributed by atoms with Gasteiger partial charge in [-0.1, -0.05) is 26.0 Å². The van der Waals surface area contributed by atoms with Crippen molar-refractivity contribution in [1.82, 2.24) is 29.7 Å². The lowest BCUT2D eigenvalue weighted by molar-refractivity contribution is 0.503. The van der Waals surface area contributed by atoms with Crippen molar-refractivity contribution in [1.29, 1.82) is 0 Å². The molecule has 1 aromatic carbocycles. The summed E-state index contributed by atoms with van der Waals surface area (Å²) in [6.45, 7) is 9.88. The van der Waals surface area contributed by atoms with E-state index < -0.39 is 0 Å². The van der Waals surface area contributed by atoms with Crippen LogP contribution < -0.4 is 10.6 Å². The Hall–Kier alpha value is -2.83. The predicted molar refractivity (Wildman–Crippen MR) is 114 cm³/mol. The maximum atomic E-state index is 4.63. The highest BCUT2D eigenvalue weighted by Crippen LogP contribution is 2.15. The van der Waals surface area contributed by atoms with Gasteiger partial charge in [0.2, 0.25) is 0 Å². The van der Waals surface area contributed by atoms with Gasteiger partial charge in [-0.2, -0.15) is 0 Å². The van der Waals surface area contributed by atoms with Crippen molar-refractivity contribution in [2.24, 2.45) is 10.9 Å². The van der Waals surface area contributed by atoms with E-state index in [1.807, 2.05) is 18.5 Å². The van der Waals surface area contributed by atoms with Crippen molar-refractivity contribution in [3.8, 4) is 0 Å². The maximum Gasteiger partial charge on any atom is 0.191 e. The first-order valence-electron chi connectivity index (χ1n) is 9.95. The molecule has 150 valence electrons. The lowest BCUT2D eigenvalue weighted by Crippen LogP contribution is -2.38. The maximum absolute atomic E-state index is 4.63. The van der Waals surface area contributed by atoms with Gasteiger partial charge >= 0.3 is 0 Å². The molecule has 0 atom stereocenters. The average molecular weight is 382 g/mol.